The van der Waals surface area contributed by atoms with Crippen LogP contribution in [0.5, 0.6) is 0 Å². The number of anilines is 2. The first kappa shape index (κ1) is 22.6. The highest BCUT2D eigenvalue weighted by atomic mass is 16.3. The quantitative estimate of drug-likeness (QED) is 0.560. The number of benzene rings is 3. The molecule has 3 aromatic carbocycles. The highest BCUT2D eigenvalue weighted by molar-refractivity contribution is 6.05. The standard InChI is InChI=1S/C27H29N3O3/c1-20-6-8-22(9-7-20)19-29-15-3-16-30(27(29)33)25-5-2-4-23(18-25)26(32)28-24-12-10-21(11-13-24)14-17-31/h2,4-13,18,31H,3,14-17,19H2,1H3,(H,28,32). The molecular weight excluding hydrogens is 414 g/mol. The van der Waals surface area contributed by atoms with Crippen molar-refractivity contribution in [3.63, 3.8) is 0 Å². The molecule has 0 bridgehead atoms. The summed E-state index contributed by atoms with van der Waals surface area (Å²) in [6, 6.07) is 22.8. The highest BCUT2D eigenvalue weighted by Gasteiger charge is 2.27. The maximum Gasteiger partial charge on any atom is 0.324 e. The third-order valence-electron chi connectivity index (χ3n) is 5.84. The van der Waals surface area contributed by atoms with Crippen molar-refractivity contribution in [2.24, 2.45) is 0 Å². The van der Waals surface area contributed by atoms with E-state index in [1.807, 2.05) is 42.2 Å². The molecule has 1 aliphatic heterocycles. The van der Waals surface area contributed by atoms with Gasteiger partial charge in [-0.2, -0.15) is 0 Å². The van der Waals surface area contributed by atoms with Gasteiger partial charge in [-0.05, 0) is 61.2 Å². The highest BCUT2D eigenvalue weighted by Crippen LogP contribution is 2.23. The number of hydrogen-bond donors (Lipinski definition) is 2. The second kappa shape index (κ2) is 10.3. The van der Waals surface area contributed by atoms with Gasteiger partial charge >= 0.3 is 6.03 Å². The number of rotatable bonds is 7. The van der Waals surface area contributed by atoms with E-state index in [1.165, 1.54) is 5.56 Å². The van der Waals surface area contributed by atoms with Crippen molar-refractivity contribution >= 4 is 23.3 Å². The van der Waals surface area contributed by atoms with E-state index in [4.69, 9.17) is 5.11 Å². The van der Waals surface area contributed by atoms with Gasteiger partial charge in [0.25, 0.3) is 5.91 Å². The first-order valence-corrected chi connectivity index (χ1v) is 11.3. The predicted octanol–water partition coefficient (Wildman–Crippen LogP) is 4.61. The minimum Gasteiger partial charge on any atom is -0.396 e. The fourth-order valence-electron chi connectivity index (χ4n) is 3.98. The zero-order valence-corrected chi connectivity index (χ0v) is 18.8. The van der Waals surface area contributed by atoms with Gasteiger partial charge < -0.3 is 15.3 Å². The zero-order valence-electron chi connectivity index (χ0n) is 18.8. The molecule has 0 aliphatic carbocycles. The summed E-state index contributed by atoms with van der Waals surface area (Å²) >= 11 is 0. The van der Waals surface area contributed by atoms with Crippen LogP contribution in [-0.4, -0.2) is 41.6 Å². The Morgan fingerprint density at radius 3 is 2.42 bits per heavy atom. The summed E-state index contributed by atoms with van der Waals surface area (Å²) in [5.41, 5.74) is 5.21. The van der Waals surface area contributed by atoms with Crippen LogP contribution in [0.2, 0.25) is 0 Å². The van der Waals surface area contributed by atoms with Crippen molar-refractivity contribution in [2.75, 3.05) is 29.9 Å². The number of aliphatic hydroxyl groups is 1. The zero-order chi connectivity index (χ0) is 23.2. The number of nitrogens with one attached hydrogen (secondary N) is 1. The lowest BCUT2D eigenvalue weighted by atomic mass is 10.1. The third kappa shape index (κ3) is 5.59. The van der Waals surface area contributed by atoms with Gasteiger partial charge in [-0.15, -0.1) is 0 Å². The Kier molecular flexibility index (Phi) is 7.05. The maximum absolute atomic E-state index is 13.2. The van der Waals surface area contributed by atoms with E-state index in [0.717, 1.165) is 29.8 Å². The van der Waals surface area contributed by atoms with Gasteiger partial charge in [-0.3, -0.25) is 9.69 Å². The molecule has 1 saturated heterocycles. The molecule has 0 aromatic heterocycles. The number of nitrogens with zero attached hydrogens (tertiary/aromatic N) is 2. The first-order valence-electron chi connectivity index (χ1n) is 11.3. The van der Waals surface area contributed by atoms with Crippen molar-refractivity contribution in [3.05, 3.63) is 95.1 Å². The van der Waals surface area contributed by atoms with Crippen LogP contribution in [-0.2, 0) is 13.0 Å². The van der Waals surface area contributed by atoms with E-state index in [1.54, 1.807) is 23.1 Å². The number of aryl methyl sites for hydroxylation is 1. The molecule has 3 aromatic rings. The van der Waals surface area contributed by atoms with Gasteiger partial charge in [0.1, 0.15) is 0 Å². The summed E-state index contributed by atoms with van der Waals surface area (Å²) < 4.78 is 0. The van der Waals surface area contributed by atoms with Crippen molar-refractivity contribution in [1.29, 1.82) is 0 Å². The Hall–Kier alpha value is -3.64. The summed E-state index contributed by atoms with van der Waals surface area (Å²) in [6.45, 7) is 4.06. The molecule has 0 radical (unpaired) electrons. The summed E-state index contributed by atoms with van der Waals surface area (Å²) in [5, 5.41) is 11.9. The van der Waals surface area contributed by atoms with Crippen LogP contribution in [0, 0.1) is 6.92 Å². The van der Waals surface area contributed by atoms with E-state index in [2.05, 4.69) is 29.6 Å². The molecule has 1 aliphatic rings. The largest absolute Gasteiger partial charge is 0.396 e. The fraction of sp³-hybridized carbons (Fsp3) is 0.259. The molecule has 1 fully saturated rings. The molecule has 4 rings (SSSR count). The van der Waals surface area contributed by atoms with E-state index in [0.29, 0.717) is 30.8 Å². The molecule has 0 saturated carbocycles. The normalized spacial score (nSPS) is 13.8. The number of aliphatic hydroxyl groups excluding tert-OH is 1. The molecule has 0 atom stereocenters. The van der Waals surface area contributed by atoms with Gasteiger partial charge in [0.05, 0.1) is 0 Å². The van der Waals surface area contributed by atoms with Crippen LogP contribution in [0.1, 0.15) is 33.5 Å². The van der Waals surface area contributed by atoms with Crippen LogP contribution in [0.3, 0.4) is 0 Å². The molecule has 6 nitrogen and oxygen atoms in total. The van der Waals surface area contributed by atoms with Crippen LogP contribution < -0.4 is 10.2 Å². The fourth-order valence-corrected chi connectivity index (χ4v) is 3.98. The molecule has 3 amide bonds. The second-order valence-electron chi connectivity index (χ2n) is 8.37. The summed E-state index contributed by atoms with van der Waals surface area (Å²) in [7, 11) is 0. The lowest BCUT2D eigenvalue weighted by molar-refractivity contribution is 0.102. The Morgan fingerprint density at radius 2 is 1.70 bits per heavy atom. The number of hydrogen-bond acceptors (Lipinski definition) is 3. The second-order valence-corrected chi connectivity index (χ2v) is 8.37. The van der Waals surface area contributed by atoms with E-state index in [9.17, 15) is 9.59 Å². The van der Waals surface area contributed by atoms with Crippen molar-refractivity contribution in [3.8, 4) is 0 Å². The Labute approximate surface area is 194 Å². The molecule has 170 valence electrons. The van der Waals surface area contributed by atoms with Gasteiger partial charge in [-0.25, -0.2) is 4.79 Å². The molecule has 1 heterocycles. The molecule has 33 heavy (non-hydrogen) atoms. The third-order valence-corrected chi connectivity index (χ3v) is 5.84. The Morgan fingerprint density at radius 1 is 0.970 bits per heavy atom. The van der Waals surface area contributed by atoms with Crippen LogP contribution in [0.4, 0.5) is 16.2 Å². The Balaban J connectivity index is 1.45. The minimum absolute atomic E-state index is 0.0427. The van der Waals surface area contributed by atoms with E-state index in [-0.39, 0.29) is 18.5 Å². The number of urea groups is 1. The monoisotopic (exact) mass is 443 g/mol. The van der Waals surface area contributed by atoms with Crippen molar-refractivity contribution < 1.29 is 14.7 Å². The molecule has 2 N–H and O–H groups in total. The molecule has 6 heteroatoms. The molecule has 0 unspecified atom stereocenters. The minimum atomic E-state index is -0.229. The average Bonchev–Trinajstić information content (AvgIpc) is 2.83. The van der Waals surface area contributed by atoms with Crippen LogP contribution in [0.15, 0.2) is 72.8 Å². The summed E-state index contributed by atoms with van der Waals surface area (Å²) in [4.78, 5) is 29.6. The van der Waals surface area contributed by atoms with Gasteiger partial charge in [0, 0.05) is 43.2 Å². The average molecular weight is 444 g/mol. The lowest BCUT2D eigenvalue weighted by Crippen LogP contribution is -2.49. The van der Waals surface area contributed by atoms with Gasteiger partial charge in [0.15, 0.2) is 0 Å². The van der Waals surface area contributed by atoms with Crippen LogP contribution >= 0.6 is 0 Å². The number of carbonyl (C=O) groups is 2. The van der Waals surface area contributed by atoms with E-state index >= 15 is 0 Å². The summed E-state index contributed by atoms with van der Waals surface area (Å²) in [5.74, 6) is -0.229. The molecule has 0 spiro atoms. The van der Waals surface area contributed by atoms with Crippen molar-refractivity contribution in [2.45, 2.75) is 26.3 Å². The predicted molar refractivity (Wildman–Crippen MR) is 131 cm³/mol. The number of amides is 3. The number of carbonyl (C=O) groups excluding carboxylic acids is 2. The van der Waals surface area contributed by atoms with Crippen LogP contribution in [0.25, 0.3) is 0 Å². The SMILES string of the molecule is Cc1ccc(CN2CCCN(c3cccc(C(=O)Nc4ccc(CCO)cc4)c3)C2=O)cc1. The maximum atomic E-state index is 13.2. The first-order chi connectivity index (χ1) is 16.0. The Bertz CT molecular complexity index is 1110. The van der Waals surface area contributed by atoms with Gasteiger partial charge in [0.2, 0.25) is 0 Å². The lowest BCUT2D eigenvalue weighted by Gasteiger charge is -2.36. The molecular formula is C27H29N3O3. The summed E-state index contributed by atoms with van der Waals surface area (Å²) in [6.07, 6.45) is 1.45. The smallest absolute Gasteiger partial charge is 0.324 e. The van der Waals surface area contributed by atoms with E-state index < -0.39 is 0 Å². The van der Waals surface area contributed by atoms with Gasteiger partial charge in [-0.1, -0.05) is 48.0 Å². The topological polar surface area (TPSA) is 72.9 Å². The van der Waals surface area contributed by atoms with Crippen molar-refractivity contribution in [1.82, 2.24) is 4.90 Å².